The van der Waals surface area contributed by atoms with Crippen molar-refractivity contribution in [2.24, 2.45) is 5.92 Å². The van der Waals surface area contributed by atoms with Gasteiger partial charge in [-0.25, -0.2) is 9.18 Å². The van der Waals surface area contributed by atoms with Crippen LogP contribution in [0.25, 0.3) is 0 Å². The fraction of sp³-hybridized carbons (Fsp3) is 0.429. The zero-order valence-corrected chi connectivity index (χ0v) is 11.2. The predicted octanol–water partition coefficient (Wildman–Crippen LogP) is 2.36. The van der Waals surface area contributed by atoms with Gasteiger partial charge in [-0.1, -0.05) is 19.9 Å². The number of hydrogen-bond acceptors (Lipinski definition) is 2. The Bertz CT molecular complexity index is 486. The van der Waals surface area contributed by atoms with Crippen LogP contribution < -0.4 is 5.32 Å². The fourth-order valence-electron chi connectivity index (χ4n) is 1.78. The molecule has 0 aromatic heterocycles. The zero-order chi connectivity index (χ0) is 14.6. The number of hydrogen-bond donors (Lipinski definition) is 2. The number of carbonyl (C=O) groups excluding carboxylic acids is 1. The summed E-state index contributed by atoms with van der Waals surface area (Å²) in [4.78, 5) is 23.0. The van der Waals surface area contributed by atoms with E-state index in [1.807, 2.05) is 13.8 Å². The van der Waals surface area contributed by atoms with Crippen LogP contribution in [0, 0.1) is 18.7 Å². The smallest absolute Gasteiger partial charge is 0.326 e. The third-order valence-electron chi connectivity index (χ3n) is 2.82. The third-order valence-corrected chi connectivity index (χ3v) is 2.82. The van der Waals surface area contributed by atoms with E-state index in [4.69, 9.17) is 5.11 Å². The summed E-state index contributed by atoms with van der Waals surface area (Å²) >= 11 is 0. The van der Waals surface area contributed by atoms with Crippen molar-refractivity contribution in [1.29, 1.82) is 0 Å². The molecule has 0 aliphatic carbocycles. The van der Waals surface area contributed by atoms with Crippen molar-refractivity contribution < 1.29 is 19.1 Å². The molecule has 0 unspecified atom stereocenters. The van der Waals surface area contributed by atoms with E-state index in [2.05, 4.69) is 5.32 Å². The van der Waals surface area contributed by atoms with E-state index in [-0.39, 0.29) is 17.0 Å². The summed E-state index contributed by atoms with van der Waals surface area (Å²) in [5.74, 6) is -2.00. The van der Waals surface area contributed by atoms with Crippen LogP contribution >= 0.6 is 0 Å². The second kappa shape index (κ2) is 6.31. The van der Waals surface area contributed by atoms with Crippen LogP contribution in [0.15, 0.2) is 18.2 Å². The molecule has 4 nitrogen and oxygen atoms in total. The van der Waals surface area contributed by atoms with Gasteiger partial charge in [0.2, 0.25) is 0 Å². The molecule has 104 valence electrons. The predicted molar refractivity (Wildman–Crippen MR) is 69.5 cm³/mol. The Morgan fingerprint density at radius 3 is 2.53 bits per heavy atom. The molecule has 1 aromatic rings. The maximum atomic E-state index is 13.3. The van der Waals surface area contributed by atoms with Gasteiger partial charge in [-0.05, 0) is 37.0 Å². The van der Waals surface area contributed by atoms with Crippen LogP contribution in [0.2, 0.25) is 0 Å². The molecule has 1 rings (SSSR count). The van der Waals surface area contributed by atoms with E-state index < -0.39 is 23.7 Å². The topological polar surface area (TPSA) is 66.4 Å². The molecule has 1 atom stereocenters. The monoisotopic (exact) mass is 267 g/mol. The number of aliphatic carboxylic acids is 1. The van der Waals surface area contributed by atoms with E-state index in [0.29, 0.717) is 6.42 Å². The van der Waals surface area contributed by atoms with Gasteiger partial charge in [0.05, 0.1) is 0 Å². The standard InChI is InChI=1S/C14H18FNO3/c1-8(2)7-12(14(18)19)16-13(17)10-5-4-6-11(15)9(10)3/h4-6,8,12H,7H2,1-3H3,(H,16,17)(H,18,19)/t12-/m1/s1. The van der Waals surface area contributed by atoms with E-state index in [9.17, 15) is 14.0 Å². The molecule has 0 bridgehead atoms. The number of rotatable bonds is 5. The Kier molecular flexibility index (Phi) is 5.03. The normalized spacial score (nSPS) is 12.3. The highest BCUT2D eigenvalue weighted by Crippen LogP contribution is 2.13. The van der Waals surface area contributed by atoms with Crippen molar-refractivity contribution in [3.8, 4) is 0 Å². The molecule has 0 aliphatic heterocycles. The summed E-state index contributed by atoms with van der Waals surface area (Å²) < 4.78 is 13.3. The number of halogens is 1. The minimum Gasteiger partial charge on any atom is -0.480 e. The molecule has 0 fully saturated rings. The average Bonchev–Trinajstić information content (AvgIpc) is 2.31. The van der Waals surface area contributed by atoms with Crippen molar-refractivity contribution in [2.45, 2.75) is 33.2 Å². The minimum atomic E-state index is -1.09. The Labute approximate surface area is 111 Å². The maximum absolute atomic E-state index is 13.3. The summed E-state index contributed by atoms with van der Waals surface area (Å²) in [6, 6.07) is 3.20. The minimum absolute atomic E-state index is 0.134. The molecule has 1 aromatic carbocycles. The van der Waals surface area contributed by atoms with E-state index in [1.54, 1.807) is 0 Å². The molecule has 0 spiro atoms. The molecule has 0 aliphatic rings. The molecular weight excluding hydrogens is 249 g/mol. The lowest BCUT2D eigenvalue weighted by Gasteiger charge is -2.17. The quantitative estimate of drug-likeness (QED) is 0.860. The summed E-state index contributed by atoms with van der Waals surface area (Å²) in [6.45, 7) is 5.23. The molecule has 0 saturated heterocycles. The molecule has 0 heterocycles. The largest absolute Gasteiger partial charge is 0.480 e. The van der Waals surface area contributed by atoms with Crippen LogP contribution in [0.5, 0.6) is 0 Å². The van der Waals surface area contributed by atoms with Gasteiger partial charge in [0.15, 0.2) is 0 Å². The van der Waals surface area contributed by atoms with Crippen LogP contribution in [0.4, 0.5) is 4.39 Å². The second-order valence-corrected chi connectivity index (χ2v) is 4.91. The Morgan fingerprint density at radius 1 is 1.37 bits per heavy atom. The number of carboxylic acids is 1. The number of benzene rings is 1. The van der Waals surface area contributed by atoms with Gasteiger partial charge in [0.25, 0.3) is 5.91 Å². The lowest BCUT2D eigenvalue weighted by molar-refractivity contribution is -0.139. The lowest BCUT2D eigenvalue weighted by Crippen LogP contribution is -2.41. The number of nitrogens with one attached hydrogen (secondary N) is 1. The van der Waals surface area contributed by atoms with Gasteiger partial charge < -0.3 is 10.4 Å². The Balaban J connectivity index is 2.88. The van der Waals surface area contributed by atoms with Gasteiger partial charge in [-0.3, -0.25) is 4.79 Å². The Hall–Kier alpha value is -1.91. The van der Waals surface area contributed by atoms with Gasteiger partial charge in [-0.15, -0.1) is 0 Å². The number of carboxylic acid groups (broad SMARTS) is 1. The summed E-state index contributed by atoms with van der Waals surface area (Å²) in [5, 5.41) is 11.5. The average molecular weight is 267 g/mol. The first-order valence-electron chi connectivity index (χ1n) is 6.11. The van der Waals surface area contributed by atoms with Gasteiger partial charge in [-0.2, -0.15) is 0 Å². The molecule has 0 saturated carbocycles. The lowest BCUT2D eigenvalue weighted by atomic mass is 10.0. The fourth-order valence-corrected chi connectivity index (χ4v) is 1.78. The first-order chi connectivity index (χ1) is 8.82. The zero-order valence-electron chi connectivity index (χ0n) is 11.2. The number of amides is 1. The molecule has 2 N–H and O–H groups in total. The SMILES string of the molecule is Cc1c(F)cccc1C(=O)N[C@H](CC(C)C)C(=O)O. The van der Waals surface area contributed by atoms with E-state index in [1.165, 1.54) is 25.1 Å². The highest BCUT2D eigenvalue weighted by atomic mass is 19.1. The van der Waals surface area contributed by atoms with Crippen molar-refractivity contribution in [2.75, 3.05) is 0 Å². The van der Waals surface area contributed by atoms with Gasteiger partial charge in [0.1, 0.15) is 11.9 Å². The molecule has 0 radical (unpaired) electrons. The van der Waals surface area contributed by atoms with Crippen LogP contribution in [0.3, 0.4) is 0 Å². The first kappa shape index (κ1) is 15.1. The molecular formula is C14H18FNO3. The molecule has 5 heteroatoms. The molecule has 1 amide bonds. The van der Waals surface area contributed by atoms with Crippen LogP contribution in [0.1, 0.15) is 36.2 Å². The number of carbonyl (C=O) groups is 2. The van der Waals surface area contributed by atoms with E-state index >= 15 is 0 Å². The van der Waals surface area contributed by atoms with E-state index in [0.717, 1.165) is 0 Å². The van der Waals surface area contributed by atoms with Crippen molar-refractivity contribution >= 4 is 11.9 Å². The van der Waals surface area contributed by atoms with Crippen LogP contribution in [-0.4, -0.2) is 23.0 Å². The summed E-state index contributed by atoms with van der Waals surface area (Å²) in [5.41, 5.74) is 0.378. The Morgan fingerprint density at radius 2 is 2.00 bits per heavy atom. The van der Waals surface area contributed by atoms with Crippen LogP contribution in [-0.2, 0) is 4.79 Å². The highest BCUT2D eigenvalue weighted by Gasteiger charge is 2.22. The maximum Gasteiger partial charge on any atom is 0.326 e. The van der Waals surface area contributed by atoms with Crippen molar-refractivity contribution in [1.82, 2.24) is 5.32 Å². The van der Waals surface area contributed by atoms with Crippen molar-refractivity contribution in [3.63, 3.8) is 0 Å². The first-order valence-corrected chi connectivity index (χ1v) is 6.11. The summed E-state index contributed by atoms with van der Waals surface area (Å²) in [6.07, 6.45) is 0.329. The summed E-state index contributed by atoms with van der Waals surface area (Å²) in [7, 11) is 0. The van der Waals surface area contributed by atoms with Crippen molar-refractivity contribution in [3.05, 3.63) is 35.1 Å². The third kappa shape index (κ3) is 4.05. The van der Waals surface area contributed by atoms with Gasteiger partial charge in [0, 0.05) is 5.56 Å². The molecule has 19 heavy (non-hydrogen) atoms. The second-order valence-electron chi connectivity index (χ2n) is 4.91. The van der Waals surface area contributed by atoms with Gasteiger partial charge >= 0.3 is 5.97 Å². The highest BCUT2D eigenvalue weighted by molar-refractivity contribution is 5.97.